The number of nitrogens with one attached hydrogen (secondary N) is 1. The highest BCUT2D eigenvalue weighted by Crippen LogP contribution is 2.11. The lowest BCUT2D eigenvalue weighted by atomic mass is 9.99. The van der Waals surface area contributed by atoms with E-state index in [0.717, 1.165) is 32.6 Å². The molecule has 0 saturated carbocycles. The molecule has 0 aromatic carbocycles. The van der Waals surface area contributed by atoms with Crippen molar-refractivity contribution < 1.29 is 9.53 Å². The third kappa shape index (κ3) is 6.86. The predicted octanol–water partition coefficient (Wildman–Crippen LogP) is 1.29. The van der Waals surface area contributed by atoms with Crippen LogP contribution in [0.4, 0.5) is 0 Å². The zero-order valence-electron chi connectivity index (χ0n) is 10.9. The molecule has 0 bridgehead atoms. The van der Waals surface area contributed by atoms with Gasteiger partial charge in [0, 0.05) is 6.54 Å². The molecular weight excluding hydrogens is 240 g/mol. The fourth-order valence-corrected chi connectivity index (χ4v) is 2.24. The maximum atomic E-state index is 11.3. The number of ether oxygens (including phenoxy) is 1. The Morgan fingerprint density at radius 2 is 2.29 bits per heavy atom. The van der Waals surface area contributed by atoms with Crippen LogP contribution in [0.5, 0.6) is 0 Å². The molecule has 0 spiro atoms. The van der Waals surface area contributed by atoms with Crippen molar-refractivity contribution in [3.05, 3.63) is 0 Å². The predicted molar refractivity (Wildman–Crippen MR) is 71.6 cm³/mol. The van der Waals surface area contributed by atoms with E-state index in [1.54, 1.807) is 0 Å². The lowest BCUT2D eigenvalue weighted by Crippen LogP contribution is -2.40. The van der Waals surface area contributed by atoms with Crippen molar-refractivity contribution in [2.45, 2.75) is 26.2 Å². The van der Waals surface area contributed by atoms with Crippen LogP contribution in [0.1, 0.15) is 26.2 Å². The Bertz CT molecular complexity index is 209. The normalized spacial score (nSPS) is 19.8. The molecular formula is C12H25ClN2O2. The number of hydrogen-bond acceptors (Lipinski definition) is 4. The van der Waals surface area contributed by atoms with Crippen LogP contribution in [0.3, 0.4) is 0 Å². The molecule has 1 rings (SSSR count). The molecule has 1 aliphatic heterocycles. The lowest BCUT2D eigenvalue weighted by Gasteiger charge is -2.29. The van der Waals surface area contributed by atoms with E-state index in [4.69, 9.17) is 4.74 Å². The molecule has 1 N–H and O–H groups in total. The molecule has 17 heavy (non-hydrogen) atoms. The molecule has 0 aliphatic carbocycles. The average molecular weight is 265 g/mol. The van der Waals surface area contributed by atoms with Crippen LogP contribution in [0.25, 0.3) is 0 Å². The Hall–Kier alpha value is -0.320. The number of piperidine rings is 1. The van der Waals surface area contributed by atoms with Crippen molar-refractivity contribution in [2.75, 3.05) is 39.8 Å². The second kappa shape index (κ2) is 9.68. The van der Waals surface area contributed by atoms with Gasteiger partial charge in [0.1, 0.15) is 0 Å². The highest BCUT2D eigenvalue weighted by molar-refractivity contribution is 5.85. The van der Waals surface area contributed by atoms with Crippen LogP contribution in [-0.2, 0) is 9.53 Å². The number of nitrogens with zero attached hydrogens (tertiary/aromatic N) is 1. The minimum absolute atomic E-state index is 0. The van der Waals surface area contributed by atoms with E-state index in [-0.39, 0.29) is 18.4 Å². The van der Waals surface area contributed by atoms with Crippen molar-refractivity contribution in [2.24, 2.45) is 5.92 Å². The van der Waals surface area contributed by atoms with Crippen LogP contribution in [0.15, 0.2) is 0 Å². The molecule has 1 atom stereocenters. The Morgan fingerprint density at radius 3 is 2.82 bits per heavy atom. The molecule has 1 heterocycles. The summed E-state index contributed by atoms with van der Waals surface area (Å²) in [7, 11) is 1.45. The maximum Gasteiger partial charge on any atom is 0.319 e. The molecule has 1 fully saturated rings. The second-order valence-corrected chi connectivity index (χ2v) is 4.52. The monoisotopic (exact) mass is 264 g/mol. The molecule has 1 saturated heterocycles. The van der Waals surface area contributed by atoms with Gasteiger partial charge < -0.3 is 10.1 Å². The van der Waals surface area contributed by atoms with Gasteiger partial charge >= 0.3 is 5.97 Å². The SMILES string of the molecule is CCCN(CC(=O)OC)CC1CCCNC1.Cl. The highest BCUT2D eigenvalue weighted by atomic mass is 35.5. The fourth-order valence-electron chi connectivity index (χ4n) is 2.24. The summed E-state index contributed by atoms with van der Waals surface area (Å²) >= 11 is 0. The first kappa shape index (κ1) is 16.7. The Balaban J connectivity index is 0.00000256. The van der Waals surface area contributed by atoms with E-state index < -0.39 is 0 Å². The van der Waals surface area contributed by atoms with Crippen LogP contribution < -0.4 is 5.32 Å². The molecule has 0 amide bonds. The number of esters is 1. The largest absolute Gasteiger partial charge is 0.468 e. The Labute approximate surface area is 110 Å². The summed E-state index contributed by atoms with van der Waals surface area (Å²) in [5.74, 6) is 0.558. The number of rotatable bonds is 6. The number of carbonyl (C=O) groups is 1. The van der Waals surface area contributed by atoms with Gasteiger partial charge in [-0.1, -0.05) is 6.92 Å². The average Bonchev–Trinajstić information content (AvgIpc) is 2.30. The van der Waals surface area contributed by atoms with Gasteiger partial charge in [-0.15, -0.1) is 12.4 Å². The van der Waals surface area contributed by atoms with Crippen LogP contribution in [-0.4, -0.2) is 50.7 Å². The molecule has 102 valence electrons. The third-order valence-corrected chi connectivity index (χ3v) is 3.04. The van der Waals surface area contributed by atoms with Crippen molar-refractivity contribution in [1.29, 1.82) is 0 Å². The smallest absolute Gasteiger partial charge is 0.319 e. The lowest BCUT2D eigenvalue weighted by molar-refractivity contribution is -0.142. The van der Waals surface area contributed by atoms with Crippen molar-refractivity contribution in [1.82, 2.24) is 10.2 Å². The van der Waals surface area contributed by atoms with Crippen molar-refractivity contribution in [3.63, 3.8) is 0 Å². The maximum absolute atomic E-state index is 11.3. The van der Waals surface area contributed by atoms with Gasteiger partial charge in [-0.2, -0.15) is 0 Å². The van der Waals surface area contributed by atoms with Gasteiger partial charge in [-0.05, 0) is 44.8 Å². The highest BCUT2D eigenvalue weighted by Gasteiger charge is 2.18. The van der Waals surface area contributed by atoms with E-state index in [2.05, 4.69) is 17.1 Å². The minimum Gasteiger partial charge on any atom is -0.468 e. The van der Waals surface area contributed by atoms with E-state index in [0.29, 0.717) is 12.5 Å². The van der Waals surface area contributed by atoms with E-state index >= 15 is 0 Å². The van der Waals surface area contributed by atoms with Gasteiger partial charge in [0.05, 0.1) is 13.7 Å². The summed E-state index contributed by atoms with van der Waals surface area (Å²) in [6.07, 6.45) is 3.61. The van der Waals surface area contributed by atoms with Crippen molar-refractivity contribution >= 4 is 18.4 Å². The second-order valence-electron chi connectivity index (χ2n) is 4.52. The number of carbonyl (C=O) groups excluding carboxylic acids is 1. The molecule has 4 nitrogen and oxygen atoms in total. The topological polar surface area (TPSA) is 41.6 Å². The molecule has 0 aromatic heterocycles. The van der Waals surface area contributed by atoms with Gasteiger partial charge in [0.15, 0.2) is 0 Å². The summed E-state index contributed by atoms with van der Waals surface area (Å²) in [6, 6.07) is 0. The first-order valence-electron chi connectivity index (χ1n) is 6.26. The van der Waals surface area contributed by atoms with Crippen LogP contribution in [0.2, 0.25) is 0 Å². The number of hydrogen-bond donors (Lipinski definition) is 1. The zero-order valence-corrected chi connectivity index (χ0v) is 11.7. The number of halogens is 1. The van der Waals surface area contributed by atoms with E-state index in [1.165, 1.54) is 20.0 Å². The van der Waals surface area contributed by atoms with Gasteiger partial charge in [-0.25, -0.2) is 0 Å². The quantitative estimate of drug-likeness (QED) is 0.734. The zero-order chi connectivity index (χ0) is 11.8. The molecule has 0 aromatic rings. The molecule has 1 aliphatic rings. The molecule has 0 radical (unpaired) electrons. The first-order chi connectivity index (χ1) is 7.76. The Kier molecular flexibility index (Phi) is 9.50. The van der Waals surface area contributed by atoms with Gasteiger partial charge in [0.2, 0.25) is 0 Å². The first-order valence-corrected chi connectivity index (χ1v) is 6.26. The number of methoxy groups -OCH3 is 1. The van der Waals surface area contributed by atoms with E-state index in [9.17, 15) is 4.79 Å². The van der Waals surface area contributed by atoms with Gasteiger partial charge in [0.25, 0.3) is 0 Å². The third-order valence-electron chi connectivity index (χ3n) is 3.04. The minimum atomic E-state index is -0.128. The Morgan fingerprint density at radius 1 is 1.53 bits per heavy atom. The summed E-state index contributed by atoms with van der Waals surface area (Å²) < 4.78 is 4.72. The van der Waals surface area contributed by atoms with E-state index in [1.807, 2.05) is 0 Å². The summed E-state index contributed by atoms with van der Waals surface area (Å²) in [5, 5.41) is 3.41. The van der Waals surface area contributed by atoms with Gasteiger partial charge in [-0.3, -0.25) is 9.69 Å². The summed E-state index contributed by atoms with van der Waals surface area (Å²) in [6.45, 7) is 6.79. The molecule has 5 heteroatoms. The van der Waals surface area contributed by atoms with Crippen LogP contribution in [0, 0.1) is 5.92 Å². The molecule has 1 unspecified atom stereocenters. The summed E-state index contributed by atoms with van der Waals surface area (Å²) in [4.78, 5) is 13.5. The standard InChI is InChI=1S/C12H24N2O2.ClH/c1-3-7-14(10-12(15)16-2)9-11-5-4-6-13-8-11;/h11,13H,3-10H2,1-2H3;1H. The van der Waals surface area contributed by atoms with Crippen molar-refractivity contribution in [3.8, 4) is 0 Å². The summed E-state index contributed by atoms with van der Waals surface area (Å²) in [5.41, 5.74) is 0. The fraction of sp³-hybridized carbons (Fsp3) is 0.917. The van der Waals surface area contributed by atoms with Crippen LogP contribution >= 0.6 is 12.4 Å².